The predicted octanol–water partition coefficient (Wildman–Crippen LogP) is 2.67. The van der Waals surface area contributed by atoms with Gasteiger partial charge in [0.1, 0.15) is 5.75 Å². The Morgan fingerprint density at radius 1 is 1.44 bits per heavy atom. The van der Waals surface area contributed by atoms with Gasteiger partial charge in [0.2, 0.25) is 0 Å². The number of aromatic nitrogens is 1. The van der Waals surface area contributed by atoms with Crippen LogP contribution in [0.2, 0.25) is 0 Å². The van der Waals surface area contributed by atoms with Crippen LogP contribution in [0.1, 0.15) is 12.0 Å². The van der Waals surface area contributed by atoms with Gasteiger partial charge >= 0.3 is 0 Å². The lowest BCUT2D eigenvalue weighted by atomic mass is 9.98. The largest absolute Gasteiger partial charge is 0.497 e. The molecule has 1 atom stereocenters. The lowest BCUT2D eigenvalue weighted by molar-refractivity contribution is 0.394. The van der Waals surface area contributed by atoms with Gasteiger partial charge < -0.3 is 14.6 Å². The first-order chi connectivity index (χ1) is 8.76. The number of nitrogens with zero attached hydrogens (tertiary/aromatic N) is 1. The van der Waals surface area contributed by atoms with Crippen molar-refractivity contribution in [3.63, 3.8) is 0 Å². The monoisotopic (exact) mass is 244 g/mol. The third-order valence-corrected chi connectivity index (χ3v) is 3.97. The zero-order chi connectivity index (χ0) is 12.5. The Bertz CT molecular complexity index is 546. The molecule has 0 spiro atoms. The number of aromatic amines is 1. The van der Waals surface area contributed by atoms with E-state index in [1.54, 1.807) is 7.11 Å². The number of hydrogen-bond donors (Lipinski definition) is 1. The number of nitrogens with one attached hydrogen (secondary N) is 1. The summed E-state index contributed by atoms with van der Waals surface area (Å²) in [5, 5.41) is 1.31. The molecule has 1 aliphatic heterocycles. The van der Waals surface area contributed by atoms with Gasteiger partial charge in [-0.15, -0.1) is 0 Å². The fourth-order valence-electron chi connectivity index (χ4n) is 2.96. The standard InChI is InChI=1S/C15H20N2O/c1-17-6-5-11(10-17)7-12-9-16-15-4-3-13(18-2)8-14(12)15/h3-4,8-9,11,16H,5-7,10H2,1-2H3/t11-/m0/s1. The van der Waals surface area contributed by atoms with E-state index in [1.807, 2.05) is 6.07 Å². The topological polar surface area (TPSA) is 28.3 Å². The van der Waals surface area contributed by atoms with Gasteiger partial charge in [-0.05, 0) is 56.1 Å². The molecule has 96 valence electrons. The SMILES string of the molecule is COc1ccc2[nH]cc(C[C@@H]3CCN(C)C3)c2c1. The number of benzene rings is 1. The molecule has 0 saturated carbocycles. The molecule has 3 rings (SSSR count). The van der Waals surface area contributed by atoms with Gasteiger partial charge in [0.15, 0.2) is 0 Å². The van der Waals surface area contributed by atoms with Crippen molar-refractivity contribution < 1.29 is 4.74 Å². The fourth-order valence-corrected chi connectivity index (χ4v) is 2.96. The van der Waals surface area contributed by atoms with Crippen molar-refractivity contribution in [1.82, 2.24) is 9.88 Å². The van der Waals surface area contributed by atoms with Gasteiger partial charge in [-0.3, -0.25) is 0 Å². The zero-order valence-corrected chi connectivity index (χ0v) is 11.1. The molecule has 18 heavy (non-hydrogen) atoms. The molecule has 1 aromatic heterocycles. The van der Waals surface area contributed by atoms with Crippen LogP contribution in [0.4, 0.5) is 0 Å². The van der Waals surface area contributed by atoms with E-state index < -0.39 is 0 Å². The lowest BCUT2D eigenvalue weighted by Gasteiger charge is -2.09. The van der Waals surface area contributed by atoms with Crippen molar-refractivity contribution in [3.8, 4) is 5.75 Å². The highest BCUT2D eigenvalue weighted by molar-refractivity contribution is 5.84. The molecule has 3 heteroatoms. The van der Waals surface area contributed by atoms with Gasteiger partial charge in [-0.1, -0.05) is 0 Å². The van der Waals surface area contributed by atoms with Crippen LogP contribution in [-0.4, -0.2) is 37.1 Å². The third kappa shape index (κ3) is 2.10. The summed E-state index contributed by atoms with van der Waals surface area (Å²) in [4.78, 5) is 5.77. The molecule has 1 aliphatic rings. The Morgan fingerprint density at radius 3 is 3.06 bits per heavy atom. The van der Waals surface area contributed by atoms with Gasteiger partial charge in [0, 0.05) is 23.6 Å². The second-order valence-electron chi connectivity index (χ2n) is 5.35. The molecule has 1 fully saturated rings. The minimum Gasteiger partial charge on any atom is -0.497 e. The van der Waals surface area contributed by atoms with Crippen molar-refractivity contribution in [2.24, 2.45) is 5.92 Å². The van der Waals surface area contributed by atoms with E-state index in [1.165, 1.54) is 36.0 Å². The Kier molecular flexibility index (Phi) is 3.00. The van der Waals surface area contributed by atoms with E-state index >= 15 is 0 Å². The Hall–Kier alpha value is -1.48. The normalized spacial score (nSPS) is 20.7. The number of hydrogen-bond acceptors (Lipinski definition) is 2. The first-order valence-corrected chi connectivity index (χ1v) is 6.59. The maximum absolute atomic E-state index is 5.31. The number of H-pyrrole nitrogens is 1. The van der Waals surface area contributed by atoms with Gasteiger partial charge in [0.25, 0.3) is 0 Å². The molecule has 2 heterocycles. The molecule has 0 unspecified atom stereocenters. The van der Waals surface area contributed by atoms with Crippen LogP contribution in [0, 0.1) is 5.92 Å². The molecule has 0 aliphatic carbocycles. The van der Waals surface area contributed by atoms with Crippen LogP contribution in [0.15, 0.2) is 24.4 Å². The first kappa shape index (κ1) is 11.6. The highest BCUT2D eigenvalue weighted by Gasteiger charge is 2.20. The van der Waals surface area contributed by atoms with E-state index in [4.69, 9.17) is 4.74 Å². The van der Waals surface area contributed by atoms with Crippen molar-refractivity contribution in [2.45, 2.75) is 12.8 Å². The molecule has 3 nitrogen and oxygen atoms in total. The molecule has 2 aromatic rings. The van der Waals surface area contributed by atoms with Crippen LogP contribution in [0.3, 0.4) is 0 Å². The first-order valence-electron chi connectivity index (χ1n) is 6.59. The summed E-state index contributed by atoms with van der Waals surface area (Å²) in [6.07, 6.45) is 4.63. The van der Waals surface area contributed by atoms with Crippen LogP contribution >= 0.6 is 0 Å². The lowest BCUT2D eigenvalue weighted by Crippen LogP contribution is -2.14. The van der Waals surface area contributed by atoms with Crippen molar-refractivity contribution in [2.75, 3.05) is 27.2 Å². The molecule has 0 bridgehead atoms. The molecule has 0 amide bonds. The molecule has 1 aromatic carbocycles. The van der Waals surface area contributed by atoms with Crippen molar-refractivity contribution in [1.29, 1.82) is 0 Å². The number of fused-ring (bicyclic) bond motifs is 1. The Morgan fingerprint density at radius 2 is 2.33 bits per heavy atom. The molecular weight excluding hydrogens is 224 g/mol. The quantitative estimate of drug-likeness (QED) is 0.899. The molecule has 0 radical (unpaired) electrons. The minimum absolute atomic E-state index is 0.792. The summed E-state index contributed by atoms with van der Waals surface area (Å²) in [7, 11) is 3.93. The van der Waals surface area contributed by atoms with E-state index in [0.717, 1.165) is 18.1 Å². The summed E-state index contributed by atoms with van der Waals surface area (Å²) in [6, 6.07) is 6.24. The smallest absolute Gasteiger partial charge is 0.119 e. The summed E-state index contributed by atoms with van der Waals surface area (Å²) in [5.74, 6) is 1.73. The van der Waals surface area contributed by atoms with Crippen molar-refractivity contribution in [3.05, 3.63) is 30.0 Å². The summed E-state index contributed by atoms with van der Waals surface area (Å²) in [5.41, 5.74) is 2.63. The maximum Gasteiger partial charge on any atom is 0.119 e. The molecule has 1 N–H and O–H groups in total. The zero-order valence-electron chi connectivity index (χ0n) is 11.1. The number of likely N-dealkylation sites (tertiary alicyclic amines) is 1. The third-order valence-electron chi connectivity index (χ3n) is 3.97. The predicted molar refractivity (Wildman–Crippen MR) is 74.2 cm³/mol. The van der Waals surface area contributed by atoms with Crippen LogP contribution in [0.5, 0.6) is 5.75 Å². The summed E-state index contributed by atoms with van der Waals surface area (Å²) in [6.45, 7) is 2.45. The summed E-state index contributed by atoms with van der Waals surface area (Å²) >= 11 is 0. The number of rotatable bonds is 3. The van der Waals surface area contributed by atoms with Gasteiger partial charge in [-0.25, -0.2) is 0 Å². The van der Waals surface area contributed by atoms with E-state index in [-0.39, 0.29) is 0 Å². The number of methoxy groups -OCH3 is 1. The second-order valence-corrected chi connectivity index (χ2v) is 5.35. The van der Waals surface area contributed by atoms with E-state index in [0.29, 0.717) is 0 Å². The highest BCUT2D eigenvalue weighted by atomic mass is 16.5. The second kappa shape index (κ2) is 4.65. The molecule has 1 saturated heterocycles. The van der Waals surface area contributed by atoms with Crippen LogP contribution in [-0.2, 0) is 6.42 Å². The number of ether oxygens (including phenoxy) is 1. The fraction of sp³-hybridized carbons (Fsp3) is 0.467. The maximum atomic E-state index is 5.31. The van der Waals surface area contributed by atoms with E-state index in [9.17, 15) is 0 Å². The van der Waals surface area contributed by atoms with Crippen molar-refractivity contribution >= 4 is 10.9 Å². The van der Waals surface area contributed by atoms with Gasteiger partial charge in [0.05, 0.1) is 7.11 Å². The van der Waals surface area contributed by atoms with Crippen LogP contribution in [0.25, 0.3) is 10.9 Å². The highest BCUT2D eigenvalue weighted by Crippen LogP contribution is 2.27. The average molecular weight is 244 g/mol. The Balaban J connectivity index is 1.87. The minimum atomic E-state index is 0.792. The average Bonchev–Trinajstić information content (AvgIpc) is 2.96. The van der Waals surface area contributed by atoms with Gasteiger partial charge in [-0.2, -0.15) is 0 Å². The molecular formula is C15H20N2O. The summed E-state index contributed by atoms with van der Waals surface area (Å²) < 4.78 is 5.31. The van der Waals surface area contributed by atoms with E-state index in [2.05, 4.69) is 35.3 Å². The Labute approximate surface area is 108 Å². The van der Waals surface area contributed by atoms with Crippen LogP contribution < -0.4 is 4.74 Å².